The SMILES string of the molecule is CCCC(=O)N(c1ccccc1)C1CCN(CCc2ccc(O)c(OC)c2)CC1. The highest BCUT2D eigenvalue weighted by molar-refractivity contribution is 5.93. The fourth-order valence-corrected chi connectivity index (χ4v) is 4.05. The Bertz CT molecular complexity index is 786. The molecule has 0 atom stereocenters. The molecular weight excluding hydrogens is 364 g/mol. The molecule has 0 spiro atoms. The largest absolute Gasteiger partial charge is 0.504 e. The zero-order chi connectivity index (χ0) is 20.6. The molecule has 1 aliphatic heterocycles. The highest BCUT2D eigenvalue weighted by atomic mass is 16.5. The van der Waals surface area contributed by atoms with E-state index in [0.717, 1.165) is 56.6 Å². The summed E-state index contributed by atoms with van der Waals surface area (Å²) in [7, 11) is 1.57. The number of methoxy groups -OCH3 is 1. The fraction of sp³-hybridized carbons (Fsp3) is 0.458. The summed E-state index contributed by atoms with van der Waals surface area (Å²) in [6.45, 7) is 5.00. The van der Waals surface area contributed by atoms with Crippen LogP contribution < -0.4 is 9.64 Å². The number of carbonyl (C=O) groups is 1. The van der Waals surface area contributed by atoms with E-state index in [2.05, 4.69) is 11.8 Å². The summed E-state index contributed by atoms with van der Waals surface area (Å²) in [5.74, 6) is 0.928. The zero-order valence-corrected chi connectivity index (χ0v) is 17.5. The number of para-hydroxylation sites is 1. The Morgan fingerprint density at radius 1 is 1.17 bits per heavy atom. The Labute approximate surface area is 173 Å². The minimum Gasteiger partial charge on any atom is -0.504 e. The number of aromatic hydroxyl groups is 1. The van der Waals surface area contributed by atoms with Crippen molar-refractivity contribution in [2.75, 3.05) is 31.6 Å². The molecule has 0 aromatic heterocycles. The Kier molecular flexibility index (Phi) is 7.53. The van der Waals surface area contributed by atoms with E-state index in [9.17, 15) is 9.90 Å². The summed E-state index contributed by atoms with van der Waals surface area (Å²) in [6.07, 6.45) is 4.36. The van der Waals surface area contributed by atoms with Gasteiger partial charge < -0.3 is 19.6 Å². The van der Waals surface area contributed by atoms with Crippen molar-refractivity contribution in [3.8, 4) is 11.5 Å². The van der Waals surface area contributed by atoms with E-state index in [-0.39, 0.29) is 17.7 Å². The average Bonchev–Trinajstić information content (AvgIpc) is 2.75. The number of hydrogen-bond acceptors (Lipinski definition) is 4. The predicted molar refractivity (Wildman–Crippen MR) is 117 cm³/mol. The Morgan fingerprint density at radius 3 is 2.55 bits per heavy atom. The molecule has 0 radical (unpaired) electrons. The zero-order valence-electron chi connectivity index (χ0n) is 17.5. The van der Waals surface area contributed by atoms with Crippen LogP contribution in [0.4, 0.5) is 5.69 Å². The fourth-order valence-electron chi connectivity index (χ4n) is 4.05. The van der Waals surface area contributed by atoms with Crippen molar-refractivity contribution in [2.24, 2.45) is 0 Å². The number of amides is 1. The van der Waals surface area contributed by atoms with Crippen LogP contribution in [0.15, 0.2) is 48.5 Å². The molecule has 2 aromatic carbocycles. The molecule has 1 N–H and O–H groups in total. The van der Waals surface area contributed by atoms with Crippen molar-refractivity contribution in [3.05, 3.63) is 54.1 Å². The van der Waals surface area contributed by atoms with Crippen LogP contribution >= 0.6 is 0 Å². The van der Waals surface area contributed by atoms with Crippen LogP contribution in [-0.2, 0) is 11.2 Å². The van der Waals surface area contributed by atoms with Crippen molar-refractivity contribution in [1.82, 2.24) is 4.90 Å². The summed E-state index contributed by atoms with van der Waals surface area (Å²) in [4.78, 5) is 17.3. The lowest BCUT2D eigenvalue weighted by molar-refractivity contribution is -0.119. The van der Waals surface area contributed by atoms with Crippen molar-refractivity contribution in [1.29, 1.82) is 0 Å². The third-order valence-corrected chi connectivity index (χ3v) is 5.65. The molecule has 0 bridgehead atoms. The number of hydrogen-bond donors (Lipinski definition) is 1. The molecule has 1 heterocycles. The minimum absolute atomic E-state index is 0.176. The van der Waals surface area contributed by atoms with Crippen LogP contribution in [0.3, 0.4) is 0 Å². The average molecular weight is 397 g/mol. The van der Waals surface area contributed by atoms with Gasteiger partial charge in [0.1, 0.15) is 0 Å². The monoisotopic (exact) mass is 396 g/mol. The highest BCUT2D eigenvalue weighted by Crippen LogP contribution is 2.27. The molecule has 0 aliphatic carbocycles. The molecule has 1 fully saturated rings. The molecule has 1 amide bonds. The van der Waals surface area contributed by atoms with Gasteiger partial charge in [0, 0.05) is 37.8 Å². The summed E-state index contributed by atoms with van der Waals surface area (Å²) >= 11 is 0. The summed E-state index contributed by atoms with van der Waals surface area (Å²) in [5.41, 5.74) is 2.17. The number of carbonyl (C=O) groups excluding carboxylic acids is 1. The second-order valence-corrected chi connectivity index (χ2v) is 7.68. The van der Waals surface area contributed by atoms with Gasteiger partial charge in [0.05, 0.1) is 7.11 Å². The third kappa shape index (κ3) is 5.51. The van der Waals surface area contributed by atoms with Gasteiger partial charge in [-0.3, -0.25) is 4.79 Å². The summed E-state index contributed by atoms with van der Waals surface area (Å²) in [5, 5.41) is 9.74. The number of phenols is 1. The topological polar surface area (TPSA) is 53.0 Å². The normalized spacial score (nSPS) is 15.2. The molecule has 5 heteroatoms. The maximum atomic E-state index is 12.8. The van der Waals surface area contributed by atoms with E-state index in [4.69, 9.17) is 4.74 Å². The van der Waals surface area contributed by atoms with Crippen LogP contribution in [0, 0.1) is 0 Å². The first-order valence-corrected chi connectivity index (χ1v) is 10.6. The van der Waals surface area contributed by atoms with Crippen LogP contribution in [0.25, 0.3) is 0 Å². The molecule has 156 valence electrons. The molecule has 5 nitrogen and oxygen atoms in total. The highest BCUT2D eigenvalue weighted by Gasteiger charge is 2.28. The van der Waals surface area contributed by atoms with Gasteiger partial charge in [-0.15, -0.1) is 0 Å². The van der Waals surface area contributed by atoms with E-state index in [1.807, 2.05) is 47.4 Å². The lowest BCUT2D eigenvalue weighted by atomic mass is 10.0. The van der Waals surface area contributed by atoms with Crippen molar-refractivity contribution < 1.29 is 14.6 Å². The van der Waals surface area contributed by atoms with Crippen molar-refractivity contribution in [3.63, 3.8) is 0 Å². The number of ether oxygens (including phenoxy) is 1. The van der Waals surface area contributed by atoms with Crippen LogP contribution in [0.2, 0.25) is 0 Å². The Morgan fingerprint density at radius 2 is 1.90 bits per heavy atom. The van der Waals surface area contributed by atoms with Gasteiger partial charge in [-0.05, 0) is 55.5 Å². The molecular formula is C24H32N2O3. The second-order valence-electron chi connectivity index (χ2n) is 7.68. The molecule has 1 saturated heterocycles. The standard InChI is InChI=1S/C24H32N2O3/c1-3-7-24(28)26(20-8-5-4-6-9-20)21-13-16-25(17-14-21)15-12-19-10-11-22(27)23(18-19)29-2/h4-6,8-11,18,21,27H,3,7,12-17H2,1-2H3. The first-order valence-electron chi connectivity index (χ1n) is 10.6. The van der Waals surface area contributed by atoms with Gasteiger partial charge in [0.15, 0.2) is 11.5 Å². The Balaban J connectivity index is 1.57. The third-order valence-electron chi connectivity index (χ3n) is 5.65. The number of anilines is 1. The molecule has 29 heavy (non-hydrogen) atoms. The molecule has 2 aromatic rings. The molecule has 1 aliphatic rings. The maximum absolute atomic E-state index is 12.8. The van der Waals surface area contributed by atoms with E-state index >= 15 is 0 Å². The van der Waals surface area contributed by atoms with Gasteiger partial charge in [-0.2, -0.15) is 0 Å². The number of rotatable bonds is 8. The number of piperidine rings is 1. The van der Waals surface area contributed by atoms with Gasteiger partial charge in [0.25, 0.3) is 0 Å². The number of likely N-dealkylation sites (tertiary alicyclic amines) is 1. The van der Waals surface area contributed by atoms with Gasteiger partial charge in [-0.25, -0.2) is 0 Å². The molecule has 3 rings (SSSR count). The summed E-state index contributed by atoms with van der Waals surface area (Å²) in [6, 6.07) is 15.9. The lowest BCUT2D eigenvalue weighted by Gasteiger charge is -2.38. The van der Waals surface area contributed by atoms with E-state index in [0.29, 0.717) is 12.2 Å². The smallest absolute Gasteiger partial charge is 0.227 e. The van der Waals surface area contributed by atoms with Gasteiger partial charge in [0.2, 0.25) is 5.91 Å². The quantitative estimate of drug-likeness (QED) is 0.725. The lowest BCUT2D eigenvalue weighted by Crippen LogP contribution is -2.48. The van der Waals surface area contributed by atoms with E-state index < -0.39 is 0 Å². The number of nitrogens with zero attached hydrogens (tertiary/aromatic N) is 2. The van der Waals surface area contributed by atoms with Crippen LogP contribution in [-0.4, -0.2) is 48.7 Å². The predicted octanol–water partition coefficient (Wildman–Crippen LogP) is 4.24. The van der Waals surface area contributed by atoms with Gasteiger partial charge in [-0.1, -0.05) is 31.2 Å². The minimum atomic E-state index is 0.176. The number of benzene rings is 2. The summed E-state index contributed by atoms with van der Waals surface area (Å²) < 4.78 is 5.20. The van der Waals surface area contributed by atoms with E-state index in [1.165, 1.54) is 0 Å². The molecule has 0 unspecified atom stereocenters. The second kappa shape index (κ2) is 10.3. The number of phenolic OH excluding ortho intramolecular Hbond substituents is 1. The maximum Gasteiger partial charge on any atom is 0.227 e. The van der Waals surface area contributed by atoms with Crippen LogP contribution in [0.1, 0.15) is 38.2 Å². The Hall–Kier alpha value is -2.53. The van der Waals surface area contributed by atoms with E-state index in [1.54, 1.807) is 13.2 Å². The first kappa shape index (κ1) is 21.2. The van der Waals surface area contributed by atoms with Crippen LogP contribution in [0.5, 0.6) is 11.5 Å². The van der Waals surface area contributed by atoms with Gasteiger partial charge >= 0.3 is 0 Å². The van der Waals surface area contributed by atoms with Crippen molar-refractivity contribution >= 4 is 11.6 Å². The molecule has 0 saturated carbocycles. The first-order chi connectivity index (χ1) is 14.1. The van der Waals surface area contributed by atoms with Crippen molar-refractivity contribution in [2.45, 2.75) is 45.1 Å².